The van der Waals surface area contributed by atoms with Crippen LogP contribution in [0.25, 0.3) is 0 Å². The van der Waals surface area contributed by atoms with Crippen molar-refractivity contribution in [3.8, 4) is 0 Å². The molecule has 0 atom stereocenters. The van der Waals surface area contributed by atoms with Crippen molar-refractivity contribution in [3.05, 3.63) is 22.8 Å². The van der Waals surface area contributed by atoms with Gasteiger partial charge < -0.3 is 10.5 Å². The van der Waals surface area contributed by atoms with Crippen molar-refractivity contribution in [1.29, 1.82) is 0 Å². The minimum Gasteiger partial charge on any atom is -0.389 e. The third kappa shape index (κ3) is 4.87. The lowest BCUT2D eigenvalue weighted by atomic mass is 10.1. The molecule has 1 rings (SSSR count). The summed E-state index contributed by atoms with van der Waals surface area (Å²) in [6, 6.07) is 3.46. The molecule has 0 unspecified atom stereocenters. The summed E-state index contributed by atoms with van der Waals surface area (Å²) in [5.41, 5.74) is 2.46. The highest BCUT2D eigenvalue weighted by atomic mass is 35.5. The predicted octanol–water partition coefficient (Wildman–Crippen LogP) is 1.22. The highest BCUT2D eigenvalue weighted by molar-refractivity contribution is 6.31. The quantitative estimate of drug-likeness (QED) is 0.547. The molecule has 0 saturated heterocycles. The van der Waals surface area contributed by atoms with Crippen molar-refractivity contribution in [2.75, 3.05) is 19.0 Å². The third-order valence-corrected chi connectivity index (χ3v) is 2.49. The lowest BCUT2D eigenvalue weighted by Crippen LogP contribution is -2.36. The van der Waals surface area contributed by atoms with Gasteiger partial charge in [0.1, 0.15) is 5.82 Å². The van der Waals surface area contributed by atoms with Gasteiger partial charge in [-0.3, -0.25) is 4.90 Å². The van der Waals surface area contributed by atoms with E-state index in [4.69, 9.17) is 17.4 Å². The van der Waals surface area contributed by atoms with E-state index < -0.39 is 5.60 Å². The van der Waals surface area contributed by atoms with Crippen molar-refractivity contribution in [3.63, 3.8) is 0 Å². The molecule has 0 amide bonds. The molecule has 17 heavy (non-hydrogen) atoms. The maximum Gasteiger partial charge on any atom is 0.140 e. The van der Waals surface area contributed by atoms with Crippen molar-refractivity contribution >= 4 is 17.4 Å². The molecule has 0 aliphatic heterocycles. The molecular formula is C11H19ClN4O. The van der Waals surface area contributed by atoms with Gasteiger partial charge in [0.15, 0.2) is 0 Å². The Labute approximate surface area is 107 Å². The number of rotatable bonds is 5. The lowest BCUT2D eigenvalue weighted by molar-refractivity contribution is 0.0422. The molecule has 0 aromatic carbocycles. The highest BCUT2D eigenvalue weighted by Crippen LogP contribution is 2.18. The Hall–Kier alpha value is -0.880. The van der Waals surface area contributed by atoms with Crippen LogP contribution in [0.2, 0.25) is 5.02 Å². The molecule has 0 radical (unpaired) electrons. The average molecular weight is 259 g/mol. The van der Waals surface area contributed by atoms with Gasteiger partial charge in [-0.15, -0.1) is 0 Å². The Bertz CT molecular complexity index is 378. The minimum absolute atomic E-state index is 0.533. The smallest absolute Gasteiger partial charge is 0.140 e. The largest absolute Gasteiger partial charge is 0.389 e. The van der Waals surface area contributed by atoms with Crippen LogP contribution in [0, 0.1) is 0 Å². The van der Waals surface area contributed by atoms with Crippen molar-refractivity contribution < 1.29 is 5.11 Å². The summed E-state index contributed by atoms with van der Waals surface area (Å²) in [5, 5.41) is 10.3. The molecule has 0 bridgehead atoms. The fraction of sp³-hybridized carbons (Fsp3) is 0.545. The Morgan fingerprint density at radius 1 is 1.53 bits per heavy atom. The van der Waals surface area contributed by atoms with E-state index in [9.17, 15) is 5.11 Å². The first-order chi connectivity index (χ1) is 7.81. The zero-order valence-electron chi connectivity index (χ0n) is 10.4. The van der Waals surface area contributed by atoms with Crippen LogP contribution in [-0.2, 0) is 6.54 Å². The first kappa shape index (κ1) is 14.2. The standard InChI is InChI=1S/C11H19ClN4O/c1-11(2,17)7-16(3)6-9-8(12)4-5-10(14-9)15-13/h4-5,17H,6-7,13H2,1-3H3,(H,14,15). The van der Waals surface area contributed by atoms with E-state index in [2.05, 4.69) is 10.4 Å². The zero-order valence-corrected chi connectivity index (χ0v) is 11.1. The molecule has 0 fully saturated rings. The molecule has 1 heterocycles. The first-order valence-corrected chi connectivity index (χ1v) is 5.72. The van der Waals surface area contributed by atoms with Gasteiger partial charge in [0, 0.05) is 13.1 Å². The van der Waals surface area contributed by atoms with Gasteiger partial charge >= 0.3 is 0 Å². The van der Waals surface area contributed by atoms with Crippen molar-refractivity contribution in [2.45, 2.75) is 26.0 Å². The number of nitrogens with zero attached hydrogens (tertiary/aromatic N) is 2. The highest BCUT2D eigenvalue weighted by Gasteiger charge is 2.16. The van der Waals surface area contributed by atoms with Gasteiger partial charge in [-0.05, 0) is 33.0 Å². The van der Waals surface area contributed by atoms with Crippen LogP contribution in [-0.4, -0.2) is 34.2 Å². The summed E-state index contributed by atoms with van der Waals surface area (Å²) in [5.74, 6) is 5.86. The number of halogens is 1. The van der Waals surface area contributed by atoms with Crippen LogP contribution in [0.1, 0.15) is 19.5 Å². The number of nitrogen functional groups attached to an aromatic ring is 1. The van der Waals surface area contributed by atoms with Crippen LogP contribution in [0.4, 0.5) is 5.82 Å². The van der Waals surface area contributed by atoms with E-state index in [0.29, 0.717) is 23.9 Å². The summed E-state index contributed by atoms with van der Waals surface area (Å²) in [4.78, 5) is 6.22. The zero-order chi connectivity index (χ0) is 13.1. The van der Waals surface area contributed by atoms with E-state index in [-0.39, 0.29) is 0 Å². The molecule has 96 valence electrons. The Balaban J connectivity index is 2.73. The number of anilines is 1. The molecule has 5 nitrogen and oxygen atoms in total. The second kappa shape index (κ2) is 5.64. The Kier molecular flexibility index (Phi) is 4.70. The third-order valence-electron chi connectivity index (χ3n) is 2.14. The normalized spacial score (nSPS) is 11.9. The van der Waals surface area contributed by atoms with Gasteiger partial charge in [-0.25, -0.2) is 10.8 Å². The summed E-state index contributed by atoms with van der Waals surface area (Å²) < 4.78 is 0. The molecule has 6 heteroatoms. The van der Waals surface area contributed by atoms with Crippen LogP contribution in [0.5, 0.6) is 0 Å². The summed E-state index contributed by atoms with van der Waals surface area (Å²) in [6.07, 6.45) is 0. The number of aromatic nitrogens is 1. The molecule has 0 aliphatic rings. The summed E-state index contributed by atoms with van der Waals surface area (Å²) in [7, 11) is 1.90. The fourth-order valence-electron chi connectivity index (χ4n) is 1.65. The summed E-state index contributed by atoms with van der Waals surface area (Å²) >= 11 is 6.05. The van der Waals surface area contributed by atoms with Crippen LogP contribution >= 0.6 is 11.6 Å². The number of likely N-dealkylation sites (N-methyl/N-ethyl adjacent to an activating group) is 1. The monoisotopic (exact) mass is 258 g/mol. The molecule has 0 aliphatic carbocycles. The van der Waals surface area contributed by atoms with Gasteiger partial charge in [-0.1, -0.05) is 11.6 Å². The molecule has 0 spiro atoms. The molecule has 4 N–H and O–H groups in total. The SMILES string of the molecule is CN(Cc1nc(NN)ccc1Cl)CC(C)(C)O. The number of nitrogens with one attached hydrogen (secondary N) is 1. The number of hydrazine groups is 1. The summed E-state index contributed by atoms with van der Waals surface area (Å²) in [6.45, 7) is 4.61. The van der Waals surface area contributed by atoms with E-state index in [1.807, 2.05) is 11.9 Å². The van der Waals surface area contributed by atoms with Gasteiger partial charge in [0.05, 0.1) is 16.3 Å². The van der Waals surface area contributed by atoms with Crippen LogP contribution < -0.4 is 11.3 Å². The molecule has 0 saturated carbocycles. The van der Waals surface area contributed by atoms with E-state index >= 15 is 0 Å². The van der Waals surface area contributed by atoms with E-state index in [0.717, 1.165) is 5.69 Å². The topological polar surface area (TPSA) is 74.4 Å². The van der Waals surface area contributed by atoms with Gasteiger partial charge in [-0.2, -0.15) is 0 Å². The minimum atomic E-state index is -0.745. The second-order valence-electron chi connectivity index (χ2n) is 4.75. The van der Waals surface area contributed by atoms with Crippen LogP contribution in [0.15, 0.2) is 12.1 Å². The van der Waals surface area contributed by atoms with Crippen LogP contribution in [0.3, 0.4) is 0 Å². The number of pyridine rings is 1. The molecular weight excluding hydrogens is 240 g/mol. The number of nitrogens with two attached hydrogens (primary N) is 1. The lowest BCUT2D eigenvalue weighted by Gasteiger charge is -2.25. The van der Waals surface area contributed by atoms with E-state index in [1.54, 1.807) is 26.0 Å². The number of hydrogen-bond acceptors (Lipinski definition) is 5. The average Bonchev–Trinajstić information content (AvgIpc) is 2.18. The Morgan fingerprint density at radius 3 is 2.71 bits per heavy atom. The maximum atomic E-state index is 9.71. The maximum absolute atomic E-state index is 9.71. The van der Waals surface area contributed by atoms with Crippen molar-refractivity contribution in [2.24, 2.45) is 5.84 Å². The number of aliphatic hydroxyl groups is 1. The van der Waals surface area contributed by atoms with Gasteiger partial charge in [0.2, 0.25) is 0 Å². The second-order valence-corrected chi connectivity index (χ2v) is 5.16. The fourth-order valence-corrected chi connectivity index (χ4v) is 1.81. The first-order valence-electron chi connectivity index (χ1n) is 5.35. The molecule has 1 aromatic rings. The molecule has 1 aromatic heterocycles. The van der Waals surface area contributed by atoms with Gasteiger partial charge in [0.25, 0.3) is 0 Å². The number of hydrogen-bond donors (Lipinski definition) is 3. The Morgan fingerprint density at radius 2 is 2.18 bits per heavy atom. The van der Waals surface area contributed by atoms with E-state index in [1.165, 1.54) is 0 Å². The van der Waals surface area contributed by atoms with Crippen molar-refractivity contribution in [1.82, 2.24) is 9.88 Å². The predicted molar refractivity (Wildman–Crippen MR) is 69.7 cm³/mol.